The Hall–Kier alpha value is -2.04. The number of benzene rings is 1. The molecule has 0 unspecified atom stereocenters. The second-order valence-electron chi connectivity index (χ2n) is 6.13. The Morgan fingerprint density at radius 1 is 1.32 bits per heavy atom. The van der Waals surface area contributed by atoms with E-state index in [2.05, 4.69) is 0 Å². The van der Waals surface area contributed by atoms with Gasteiger partial charge in [-0.2, -0.15) is 0 Å². The highest BCUT2D eigenvalue weighted by atomic mass is 16.5. The average molecular weight is 302 g/mol. The van der Waals surface area contributed by atoms with Crippen LogP contribution in [-0.4, -0.2) is 53.9 Å². The summed E-state index contributed by atoms with van der Waals surface area (Å²) in [6, 6.07) is 7.93. The number of hydrogen-bond donors (Lipinski definition) is 0. The molecule has 0 N–H and O–H groups in total. The highest BCUT2D eigenvalue weighted by Gasteiger charge is 2.40. The van der Waals surface area contributed by atoms with E-state index in [4.69, 9.17) is 4.74 Å². The molecule has 1 atom stereocenters. The molecule has 1 aromatic carbocycles. The summed E-state index contributed by atoms with van der Waals surface area (Å²) in [5.74, 6) is 0.861. The van der Waals surface area contributed by atoms with Crippen molar-refractivity contribution in [1.29, 1.82) is 0 Å². The number of ether oxygens (including phenoxy) is 1. The van der Waals surface area contributed by atoms with E-state index >= 15 is 0 Å². The molecule has 3 rings (SSSR count). The maximum absolute atomic E-state index is 12.4. The van der Waals surface area contributed by atoms with Gasteiger partial charge in [0.15, 0.2) is 0 Å². The minimum Gasteiger partial charge on any atom is -0.487 e. The third kappa shape index (κ3) is 2.93. The molecule has 2 aliphatic rings. The second kappa shape index (κ2) is 5.99. The summed E-state index contributed by atoms with van der Waals surface area (Å²) in [6.45, 7) is 6.45. The van der Waals surface area contributed by atoms with Crippen molar-refractivity contribution in [2.75, 3.05) is 26.2 Å². The van der Waals surface area contributed by atoms with E-state index in [1.807, 2.05) is 38.1 Å². The predicted octanol–water partition coefficient (Wildman–Crippen LogP) is 1.45. The van der Waals surface area contributed by atoms with E-state index < -0.39 is 0 Å². The summed E-state index contributed by atoms with van der Waals surface area (Å²) in [6.07, 6.45) is 0.414. The van der Waals surface area contributed by atoms with E-state index in [1.54, 1.807) is 9.80 Å². The van der Waals surface area contributed by atoms with Gasteiger partial charge in [-0.15, -0.1) is 0 Å². The van der Waals surface area contributed by atoms with Gasteiger partial charge in [0.2, 0.25) is 11.8 Å². The lowest BCUT2D eigenvalue weighted by Crippen LogP contribution is -2.57. The molecule has 0 bridgehead atoms. The zero-order chi connectivity index (χ0) is 15.7. The first-order valence-electron chi connectivity index (χ1n) is 7.86. The fourth-order valence-corrected chi connectivity index (χ4v) is 3.08. The maximum atomic E-state index is 12.4. The summed E-state index contributed by atoms with van der Waals surface area (Å²) >= 11 is 0. The zero-order valence-corrected chi connectivity index (χ0v) is 13.1. The summed E-state index contributed by atoms with van der Waals surface area (Å²) < 4.78 is 5.87. The molecule has 0 radical (unpaired) electrons. The number of aryl methyl sites for hydroxylation is 1. The Labute approximate surface area is 130 Å². The lowest BCUT2D eigenvalue weighted by Gasteiger charge is -2.40. The minimum absolute atomic E-state index is 0.0603. The van der Waals surface area contributed by atoms with Gasteiger partial charge in [0, 0.05) is 19.5 Å². The van der Waals surface area contributed by atoms with E-state index in [1.165, 1.54) is 0 Å². The van der Waals surface area contributed by atoms with Crippen molar-refractivity contribution in [3.05, 3.63) is 29.8 Å². The average Bonchev–Trinajstić information content (AvgIpc) is 2.83. The fourth-order valence-electron chi connectivity index (χ4n) is 3.08. The lowest BCUT2D eigenvalue weighted by atomic mass is 10.0. The van der Waals surface area contributed by atoms with Crippen LogP contribution >= 0.6 is 0 Å². The molecule has 118 valence electrons. The van der Waals surface area contributed by atoms with Crippen molar-refractivity contribution in [2.45, 2.75) is 26.4 Å². The quantitative estimate of drug-likeness (QED) is 0.846. The van der Waals surface area contributed by atoms with Gasteiger partial charge >= 0.3 is 0 Å². The van der Waals surface area contributed by atoms with Crippen molar-refractivity contribution < 1.29 is 14.3 Å². The van der Waals surface area contributed by atoms with Crippen LogP contribution in [-0.2, 0) is 9.59 Å². The van der Waals surface area contributed by atoms with Gasteiger partial charge in [0.05, 0.1) is 19.0 Å². The Morgan fingerprint density at radius 3 is 2.73 bits per heavy atom. The number of hydrogen-bond acceptors (Lipinski definition) is 3. The molecular weight excluding hydrogens is 280 g/mol. The first kappa shape index (κ1) is 14.9. The van der Waals surface area contributed by atoms with Crippen molar-refractivity contribution in [2.24, 2.45) is 5.92 Å². The summed E-state index contributed by atoms with van der Waals surface area (Å²) in [5.41, 5.74) is 1.16. The molecule has 1 aromatic rings. The first-order valence-corrected chi connectivity index (χ1v) is 7.86. The van der Waals surface area contributed by atoms with Crippen LogP contribution < -0.4 is 4.74 Å². The van der Waals surface area contributed by atoms with Crippen molar-refractivity contribution in [3.63, 3.8) is 0 Å². The lowest BCUT2D eigenvalue weighted by molar-refractivity contribution is -0.144. The predicted molar refractivity (Wildman–Crippen MR) is 82.5 cm³/mol. The SMILES string of the molecule is CCN1C[C@H](C(=O)N2CC(Oc3cccc(C)c3)C2)CC1=O. The van der Waals surface area contributed by atoms with Crippen LogP contribution in [0, 0.1) is 12.8 Å². The van der Waals surface area contributed by atoms with Crippen LogP contribution in [0.1, 0.15) is 18.9 Å². The van der Waals surface area contributed by atoms with Crippen LogP contribution in [0.4, 0.5) is 0 Å². The molecule has 0 aliphatic carbocycles. The second-order valence-corrected chi connectivity index (χ2v) is 6.13. The summed E-state index contributed by atoms with van der Waals surface area (Å²) in [5, 5.41) is 0. The number of rotatable bonds is 4. The van der Waals surface area contributed by atoms with Crippen LogP contribution in [0.5, 0.6) is 5.75 Å². The van der Waals surface area contributed by atoms with Crippen molar-refractivity contribution in [1.82, 2.24) is 9.80 Å². The number of nitrogens with zero attached hydrogens (tertiary/aromatic N) is 2. The van der Waals surface area contributed by atoms with Gasteiger partial charge in [0.1, 0.15) is 11.9 Å². The van der Waals surface area contributed by atoms with Crippen LogP contribution in [0.15, 0.2) is 24.3 Å². The van der Waals surface area contributed by atoms with Gasteiger partial charge < -0.3 is 14.5 Å². The van der Waals surface area contributed by atoms with E-state index in [-0.39, 0.29) is 23.8 Å². The monoisotopic (exact) mass is 302 g/mol. The van der Waals surface area contributed by atoms with Gasteiger partial charge in [-0.25, -0.2) is 0 Å². The summed E-state index contributed by atoms with van der Waals surface area (Å²) in [4.78, 5) is 27.7. The van der Waals surface area contributed by atoms with E-state index in [0.29, 0.717) is 32.6 Å². The Kier molecular flexibility index (Phi) is 4.05. The van der Waals surface area contributed by atoms with Crippen LogP contribution in [0.3, 0.4) is 0 Å². The topological polar surface area (TPSA) is 49.9 Å². The third-order valence-corrected chi connectivity index (χ3v) is 4.40. The van der Waals surface area contributed by atoms with Crippen LogP contribution in [0.25, 0.3) is 0 Å². The highest BCUT2D eigenvalue weighted by Crippen LogP contribution is 2.24. The fraction of sp³-hybridized carbons (Fsp3) is 0.529. The molecule has 2 heterocycles. The van der Waals surface area contributed by atoms with Crippen LogP contribution in [0.2, 0.25) is 0 Å². The number of carbonyl (C=O) groups is 2. The molecule has 2 aliphatic heterocycles. The number of likely N-dealkylation sites (tertiary alicyclic amines) is 2. The number of amides is 2. The molecule has 2 fully saturated rings. The first-order chi connectivity index (χ1) is 10.6. The largest absolute Gasteiger partial charge is 0.487 e. The maximum Gasteiger partial charge on any atom is 0.228 e. The zero-order valence-electron chi connectivity index (χ0n) is 13.1. The normalized spacial score (nSPS) is 21.9. The molecule has 22 heavy (non-hydrogen) atoms. The molecule has 5 heteroatoms. The molecule has 2 amide bonds. The third-order valence-electron chi connectivity index (χ3n) is 4.40. The Morgan fingerprint density at radius 2 is 2.09 bits per heavy atom. The van der Waals surface area contributed by atoms with Gasteiger partial charge in [-0.05, 0) is 31.5 Å². The Balaban J connectivity index is 1.49. The standard InChI is InChI=1S/C17H22N2O3/c1-3-18-9-13(8-16(18)20)17(21)19-10-15(11-19)22-14-6-4-5-12(2)7-14/h4-7,13,15H,3,8-11H2,1-2H3/t13-/m1/s1. The van der Waals surface area contributed by atoms with Gasteiger partial charge in [-0.3, -0.25) is 9.59 Å². The highest BCUT2D eigenvalue weighted by molar-refractivity contribution is 5.89. The smallest absolute Gasteiger partial charge is 0.228 e. The minimum atomic E-state index is -0.174. The molecule has 5 nitrogen and oxygen atoms in total. The Bertz CT molecular complexity index is 581. The molecule has 0 saturated carbocycles. The van der Waals surface area contributed by atoms with Gasteiger partial charge in [0.25, 0.3) is 0 Å². The molecule has 0 aromatic heterocycles. The van der Waals surface area contributed by atoms with Crippen molar-refractivity contribution in [3.8, 4) is 5.75 Å². The summed E-state index contributed by atoms with van der Waals surface area (Å²) in [7, 11) is 0. The molecule has 0 spiro atoms. The van der Waals surface area contributed by atoms with Gasteiger partial charge in [-0.1, -0.05) is 12.1 Å². The van der Waals surface area contributed by atoms with E-state index in [9.17, 15) is 9.59 Å². The van der Waals surface area contributed by atoms with E-state index in [0.717, 1.165) is 11.3 Å². The van der Waals surface area contributed by atoms with Crippen molar-refractivity contribution >= 4 is 11.8 Å². The molecule has 2 saturated heterocycles. The number of carbonyl (C=O) groups excluding carboxylic acids is 2. The molecular formula is C17H22N2O3.